The number of anilines is 1. The van der Waals surface area contributed by atoms with Gasteiger partial charge in [-0.2, -0.15) is 0 Å². The summed E-state index contributed by atoms with van der Waals surface area (Å²) in [5, 5.41) is 8.81. The zero-order valence-corrected chi connectivity index (χ0v) is 8.74. The summed E-state index contributed by atoms with van der Waals surface area (Å²) >= 11 is 0. The second kappa shape index (κ2) is 4.28. The first-order chi connectivity index (χ1) is 8.11. The van der Waals surface area contributed by atoms with E-state index in [1.54, 1.807) is 0 Å². The fraction of sp³-hybridized carbons (Fsp3) is 0.300. The molecule has 88 valence electrons. The van der Waals surface area contributed by atoms with Crippen molar-refractivity contribution in [1.29, 1.82) is 0 Å². The normalized spacial score (nSPS) is 19.4. The van der Waals surface area contributed by atoms with Gasteiger partial charge in [-0.3, -0.25) is 19.3 Å². The lowest BCUT2D eigenvalue weighted by Crippen LogP contribution is -2.27. The van der Waals surface area contributed by atoms with E-state index in [0.29, 0.717) is 11.8 Å². The van der Waals surface area contributed by atoms with Crippen LogP contribution >= 0.6 is 0 Å². The van der Waals surface area contributed by atoms with Gasteiger partial charge >= 0.3 is 5.97 Å². The van der Waals surface area contributed by atoms with Gasteiger partial charge in [-0.05, 0) is 0 Å². The third-order valence-electron chi connectivity index (χ3n) is 2.51. The van der Waals surface area contributed by atoms with E-state index in [9.17, 15) is 14.4 Å². The van der Waals surface area contributed by atoms with Crippen LogP contribution in [0.3, 0.4) is 0 Å². The summed E-state index contributed by atoms with van der Waals surface area (Å²) in [4.78, 5) is 41.6. The van der Waals surface area contributed by atoms with Crippen molar-refractivity contribution in [2.75, 3.05) is 11.4 Å². The molecule has 1 unspecified atom stereocenters. The minimum absolute atomic E-state index is 0.0475. The molecule has 1 N–H and O–H groups in total. The molecule has 1 amide bonds. The zero-order chi connectivity index (χ0) is 12.4. The van der Waals surface area contributed by atoms with Crippen LogP contribution in [-0.4, -0.2) is 39.8 Å². The van der Waals surface area contributed by atoms with Crippen LogP contribution in [0.5, 0.6) is 0 Å². The van der Waals surface area contributed by atoms with Crippen LogP contribution in [0, 0.1) is 5.92 Å². The average molecular weight is 235 g/mol. The summed E-state index contributed by atoms with van der Waals surface area (Å²) < 4.78 is 0. The molecule has 1 aliphatic rings. The van der Waals surface area contributed by atoms with E-state index in [4.69, 9.17) is 5.11 Å². The summed E-state index contributed by atoms with van der Waals surface area (Å²) in [6.07, 6.45) is 3.12. The molecule has 0 radical (unpaired) electrons. The predicted molar refractivity (Wildman–Crippen MR) is 55.5 cm³/mol. The topological polar surface area (TPSA) is 100 Å². The SMILES string of the molecule is O=Cc1cnc(N2CC(C(=O)O)CC2=O)nc1. The smallest absolute Gasteiger partial charge is 0.308 e. The van der Waals surface area contributed by atoms with Gasteiger partial charge in [-0.25, -0.2) is 9.97 Å². The molecule has 1 aliphatic heterocycles. The molecule has 1 aromatic heterocycles. The van der Waals surface area contributed by atoms with Crippen LogP contribution < -0.4 is 4.90 Å². The van der Waals surface area contributed by atoms with Crippen molar-refractivity contribution in [3.63, 3.8) is 0 Å². The van der Waals surface area contributed by atoms with Crippen LogP contribution in [0.15, 0.2) is 12.4 Å². The Kier molecular flexibility index (Phi) is 2.82. The molecule has 0 saturated carbocycles. The van der Waals surface area contributed by atoms with Gasteiger partial charge < -0.3 is 5.11 Å². The molecule has 2 heterocycles. The van der Waals surface area contributed by atoms with Gasteiger partial charge in [-0.15, -0.1) is 0 Å². The first kappa shape index (κ1) is 11.2. The summed E-state index contributed by atoms with van der Waals surface area (Å²) in [5.41, 5.74) is 0.301. The van der Waals surface area contributed by atoms with Crippen LogP contribution in [-0.2, 0) is 9.59 Å². The largest absolute Gasteiger partial charge is 0.481 e. The van der Waals surface area contributed by atoms with Gasteiger partial charge in [0.15, 0.2) is 6.29 Å². The number of aldehydes is 1. The molecular formula is C10H9N3O4. The molecule has 17 heavy (non-hydrogen) atoms. The minimum Gasteiger partial charge on any atom is -0.481 e. The van der Waals surface area contributed by atoms with Crippen molar-refractivity contribution in [2.24, 2.45) is 5.92 Å². The average Bonchev–Trinajstić information content (AvgIpc) is 2.72. The Hall–Kier alpha value is -2.31. The van der Waals surface area contributed by atoms with Crippen molar-refractivity contribution >= 4 is 24.1 Å². The summed E-state index contributed by atoms with van der Waals surface area (Å²) in [7, 11) is 0. The molecule has 0 bridgehead atoms. The Bertz CT molecular complexity index is 471. The Labute approximate surface area is 96.1 Å². The monoisotopic (exact) mass is 235 g/mol. The number of carbonyl (C=O) groups excluding carboxylic acids is 2. The van der Waals surface area contributed by atoms with Crippen molar-refractivity contribution in [2.45, 2.75) is 6.42 Å². The highest BCUT2D eigenvalue weighted by Crippen LogP contribution is 2.21. The van der Waals surface area contributed by atoms with Crippen LogP contribution in [0.25, 0.3) is 0 Å². The van der Waals surface area contributed by atoms with E-state index < -0.39 is 11.9 Å². The number of carbonyl (C=O) groups is 3. The molecule has 0 aliphatic carbocycles. The van der Waals surface area contributed by atoms with E-state index in [2.05, 4.69) is 9.97 Å². The third-order valence-corrected chi connectivity index (χ3v) is 2.51. The van der Waals surface area contributed by atoms with Gasteiger partial charge in [0.1, 0.15) is 0 Å². The molecule has 0 spiro atoms. The second-order valence-corrected chi connectivity index (χ2v) is 3.68. The molecule has 7 nitrogen and oxygen atoms in total. The van der Waals surface area contributed by atoms with E-state index in [1.807, 2.05) is 0 Å². The van der Waals surface area contributed by atoms with Gasteiger partial charge in [0.05, 0.1) is 11.5 Å². The molecule has 1 fully saturated rings. The van der Waals surface area contributed by atoms with E-state index >= 15 is 0 Å². The zero-order valence-electron chi connectivity index (χ0n) is 8.74. The third kappa shape index (κ3) is 2.12. The first-order valence-electron chi connectivity index (χ1n) is 4.92. The highest BCUT2D eigenvalue weighted by Gasteiger charge is 2.36. The quantitative estimate of drug-likeness (QED) is 0.723. The van der Waals surface area contributed by atoms with Gasteiger partial charge in [0, 0.05) is 25.4 Å². The highest BCUT2D eigenvalue weighted by atomic mass is 16.4. The fourth-order valence-corrected chi connectivity index (χ4v) is 1.60. The molecule has 0 aromatic carbocycles. The fourth-order valence-electron chi connectivity index (χ4n) is 1.60. The van der Waals surface area contributed by atoms with E-state index in [0.717, 1.165) is 0 Å². The Morgan fingerprint density at radius 1 is 1.47 bits per heavy atom. The highest BCUT2D eigenvalue weighted by molar-refractivity contribution is 5.97. The van der Waals surface area contributed by atoms with Gasteiger partial charge in [-0.1, -0.05) is 0 Å². The number of carboxylic acid groups (broad SMARTS) is 1. The standard InChI is InChI=1S/C10H9N3O4/c14-5-6-2-11-10(12-3-6)13-4-7(9(16)17)1-8(13)15/h2-3,5,7H,1,4H2,(H,16,17). The number of rotatable bonds is 3. The number of amides is 1. The van der Waals surface area contributed by atoms with Crippen LogP contribution in [0.2, 0.25) is 0 Å². The lowest BCUT2D eigenvalue weighted by Gasteiger charge is -2.12. The second-order valence-electron chi connectivity index (χ2n) is 3.68. The molecule has 7 heteroatoms. The van der Waals surface area contributed by atoms with Crippen molar-refractivity contribution in [3.8, 4) is 0 Å². The van der Waals surface area contributed by atoms with Crippen LogP contribution in [0.4, 0.5) is 5.95 Å². The lowest BCUT2D eigenvalue weighted by atomic mass is 10.1. The maximum atomic E-state index is 11.6. The number of hydrogen-bond acceptors (Lipinski definition) is 5. The van der Waals surface area contributed by atoms with E-state index in [-0.39, 0.29) is 24.8 Å². The summed E-state index contributed by atoms with van der Waals surface area (Å²) in [6.45, 7) is 0.0641. The molecule has 1 atom stereocenters. The van der Waals surface area contributed by atoms with E-state index in [1.165, 1.54) is 17.3 Å². The maximum Gasteiger partial charge on any atom is 0.308 e. The summed E-state index contributed by atoms with van der Waals surface area (Å²) in [5.74, 6) is -1.93. The number of aliphatic carboxylic acids is 1. The Morgan fingerprint density at radius 2 is 2.12 bits per heavy atom. The van der Waals surface area contributed by atoms with Crippen LogP contribution in [0.1, 0.15) is 16.8 Å². The number of carboxylic acids is 1. The molecule has 1 aromatic rings. The van der Waals surface area contributed by atoms with Crippen molar-refractivity contribution < 1.29 is 19.5 Å². The lowest BCUT2D eigenvalue weighted by molar-refractivity contribution is -0.141. The van der Waals surface area contributed by atoms with Gasteiger partial charge in [0.2, 0.25) is 11.9 Å². The number of aromatic nitrogens is 2. The molecular weight excluding hydrogens is 226 g/mol. The number of hydrogen-bond donors (Lipinski definition) is 1. The predicted octanol–water partition coefficient (Wildman–Crippen LogP) is -0.273. The molecule has 2 rings (SSSR count). The van der Waals surface area contributed by atoms with Crippen molar-refractivity contribution in [1.82, 2.24) is 9.97 Å². The first-order valence-corrected chi connectivity index (χ1v) is 4.92. The maximum absolute atomic E-state index is 11.6. The van der Waals surface area contributed by atoms with Crippen molar-refractivity contribution in [3.05, 3.63) is 18.0 Å². The molecule has 1 saturated heterocycles. The summed E-state index contributed by atoms with van der Waals surface area (Å²) in [6, 6.07) is 0. The number of nitrogens with zero attached hydrogens (tertiary/aromatic N) is 3. The Balaban J connectivity index is 2.19. The van der Waals surface area contributed by atoms with Gasteiger partial charge in [0.25, 0.3) is 0 Å². The Morgan fingerprint density at radius 3 is 2.59 bits per heavy atom. The minimum atomic E-state index is -1.01.